The Balaban J connectivity index is 3.67. The molecule has 0 aromatic heterocycles. The van der Waals surface area contributed by atoms with E-state index in [9.17, 15) is 9.59 Å². The molecule has 0 spiro atoms. The van der Waals surface area contributed by atoms with E-state index in [-0.39, 0.29) is 5.97 Å². The zero-order valence-electron chi connectivity index (χ0n) is 9.12. The van der Waals surface area contributed by atoms with Crippen LogP contribution in [0.2, 0.25) is 0 Å². The number of hydrogen-bond donors (Lipinski definition) is 0. The van der Waals surface area contributed by atoms with Gasteiger partial charge in [0.25, 0.3) is 0 Å². The Bertz CT molecular complexity index is 166. The molecule has 0 unspecified atom stereocenters. The van der Waals surface area contributed by atoms with Gasteiger partial charge in [-0.25, -0.2) is 0 Å². The van der Waals surface area contributed by atoms with Crippen molar-refractivity contribution in [3.05, 3.63) is 0 Å². The Kier molecular flexibility index (Phi) is 8.19. The lowest BCUT2D eigenvalue weighted by atomic mass is 10.0. The normalized spacial score (nSPS) is 12.1. The highest BCUT2D eigenvalue weighted by Crippen LogP contribution is 2.10. The van der Waals surface area contributed by atoms with Crippen LogP contribution >= 0.6 is 0 Å². The molecule has 3 nitrogen and oxygen atoms in total. The van der Waals surface area contributed by atoms with Crippen molar-refractivity contribution in [3.63, 3.8) is 0 Å². The summed E-state index contributed by atoms with van der Waals surface area (Å²) in [5, 5.41) is 0. The van der Waals surface area contributed by atoms with Gasteiger partial charge < -0.3 is 9.53 Å². The summed E-state index contributed by atoms with van der Waals surface area (Å²) in [5.74, 6) is -0.925. The molecule has 0 heterocycles. The van der Waals surface area contributed by atoms with Gasteiger partial charge in [0.05, 0.1) is 6.61 Å². The average molecular weight is 200 g/mol. The van der Waals surface area contributed by atoms with Crippen LogP contribution in [0.4, 0.5) is 0 Å². The van der Waals surface area contributed by atoms with Crippen LogP contribution in [0, 0.1) is 5.92 Å². The van der Waals surface area contributed by atoms with Crippen molar-refractivity contribution < 1.29 is 14.3 Å². The molecule has 0 saturated carbocycles. The van der Waals surface area contributed by atoms with Crippen LogP contribution in [0.3, 0.4) is 0 Å². The molecule has 14 heavy (non-hydrogen) atoms. The van der Waals surface area contributed by atoms with Gasteiger partial charge in [0, 0.05) is 0 Å². The zero-order chi connectivity index (χ0) is 10.8. The van der Waals surface area contributed by atoms with E-state index in [2.05, 4.69) is 6.92 Å². The summed E-state index contributed by atoms with van der Waals surface area (Å²) in [6, 6.07) is 0. The number of esters is 1. The molecule has 0 radical (unpaired) electrons. The monoisotopic (exact) mass is 200 g/mol. The van der Waals surface area contributed by atoms with Gasteiger partial charge in [-0.05, 0) is 13.3 Å². The van der Waals surface area contributed by atoms with Crippen LogP contribution in [0.15, 0.2) is 0 Å². The Morgan fingerprint density at radius 1 is 1.29 bits per heavy atom. The van der Waals surface area contributed by atoms with Crippen LogP contribution in [0.1, 0.15) is 46.0 Å². The van der Waals surface area contributed by atoms with Gasteiger partial charge >= 0.3 is 5.97 Å². The third-order valence-electron chi connectivity index (χ3n) is 2.12. The molecule has 0 aliphatic heterocycles. The van der Waals surface area contributed by atoms with Crippen LogP contribution in [-0.4, -0.2) is 18.9 Å². The lowest BCUT2D eigenvalue weighted by Gasteiger charge is -2.08. The zero-order valence-corrected chi connectivity index (χ0v) is 9.12. The summed E-state index contributed by atoms with van der Waals surface area (Å²) in [5.41, 5.74) is 0. The standard InChI is InChI=1S/C11H20O3/c1-3-5-6-7-8-10(9-12)11(13)14-4-2/h9-10H,3-8H2,1-2H3/t10-/m0/s1. The summed E-state index contributed by atoms with van der Waals surface area (Å²) in [7, 11) is 0. The molecular formula is C11H20O3. The highest BCUT2D eigenvalue weighted by molar-refractivity contribution is 5.87. The van der Waals surface area contributed by atoms with Crippen molar-refractivity contribution in [1.82, 2.24) is 0 Å². The van der Waals surface area contributed by atoms with Crippen molar-refractivity contribution in [1.29, 1.82) is 0 Å². The highest BCUT2D eigenvalue weighted by atomic mass is 16.5. The first-order valence-electron chi connectivity index (χ1n) is 5.38. The van der Waals surface area contributed by atoms with Crippen molar-refractivity contribution in [3.8, 4) is 0 Å². The van der Waals surface area contributed by atoms with E-state index in [1.807, 2.05) is 0 Å². The largest absolute Gasteiger partial charge is 0.465 e. The quantitative estimate of drug-likeness (QED) is 0.261. The second-order valence-electron chi connectivity index (χ2n) is 3.34. The number of rotatable bonds is 8. The first-order valence-corrected chi connectivity index (χ1v) is 5.38. The number of aldehydes is 1. The fraction of sp³-hybridized carbons (Fsp3) is 0.818. The smallest absolute Gasteiger partial charge is 0.316 e. The molecule has 0 aromatic rings. The molecule has 0 bridgehead atoms. The lowest BCUT2D eigenvalue weighted by Crippen LogP contribution is -2.18. The second-order valence-corrected chi connectivity index (χ2v) is 3.34. The predicted octanol–water partition coefficient (Wildman–Crippen LogP) is 2.33. The Morgan fingerprint density at radius 2 is 2.00 bits per heavy atom. The Morgan fingerprint density at radius 3 is 2.50 bits per heavy atom. The molecule has 3 heteroatoms. The minimum Gasteiger partial charge on any atom is -0.465 e. The predicted molar refractivity (Wildman–Crippen MR) is 54.9 cm³/mol. The van der Waals surface area contributed by atoms with E-state index in [1.54, 1.807) is 6.92 Å². The van der Waals surface area contributed by atoms with Crippen LogP contribution < -0.4 is 0 Å². The number of unbranched alkanes of at least 4 members (excludes halogenated alkanes) is 3. The summed E-state index contributed by atoms with van der Waals surface area (Å²) in [6.45, 7) is 4.22. The molecule has 0 aromatic carbocycles. The fourth-order valence-electron chi connectivity index (χ4n) is 1.28. The van der Waals surface area contributed by atoms with Gasteiger partial charge in [-0.2, -0.15) is 0 Å². The van der Waals surface area contributed by atoms with Crippen molar-refractivity contribution in [2.75, 3.05) is 6.61 Å². The maximum Gasteiger partial charge on any atom is 0.316 e. The first-order chi connectivity index (χ1) is 6.76. The third kappa shape index (κ3) is 5.73. The second kappa shape index (κ2) is 8.73. The van der Waals surface area contributed by atoms with Crippen LogP contribution in [-0.2, 0) is 14.3 Å². The minimum atomic E-state index is -0.549. The third-order valence-corrected chi connectivity index (χ3v) is 2.12. The Labute approximate surface area is 85.8 Å². The van der Waals surface area contributed by atoms with Gasteiger partial charge in [0.2, 0.25) is 0 Å². The molecule has 0 fully saturated rings. The molecule has 0 amide bonds. The van der Waals surface area contributed by atoms with E-state index < -0.39 is 5.92 Å². The average Bonchev–Trinajstić information content (AvgIpc) is 2.18. The van der Waals surface area contributed by atoms with Gasteiger partial charge in [-0.15, -0.1) is 0 Å². The van der Waals surface area contributed by atoms with Crippen molar-refractivity contribution in [2.45, 2.75) is 46.0 Å². The number of carbonyl (C=O) groups is 2. The number of ether oxygens (including phenoxy) is 1. The molecule has 0 aliphatic carbocycles. The molecule has 0 rings (SSSR count). The molecule has 0 aliphatic rings. The SMILES string of the molecule is CCCCCC[C@@H](C=O)C(=O)OCC. The van der Waals surface area contributed by atoms with Gasteiger partial charge in [0.15, 0.2) is 0 Å². The maximum atomic E-state index is 11.2. The highest BCUT2D eigenvalue weighted by Gasteiger charge is 2.17. The Hall–Kier alpha value is -0.860. The van der Waals surface area contributed by atoms with Crippen molar-refractivity contribution in [2.24, 2.45) is 5.92 Å². The van der Waals surface area contributed by atoms with Crippen LogP contribution in [0.25, 0.3) is 0 Å². The van der Waals surface area contributed by atoms with Crippen LogP contribution in [0.5, 0.6) is 0 Å². The summed E-state index contributed by atoms with van der Waals surface area (Å²) < 4.78 is 4.78. The molecule has 0 N–H and O–H groups in total. The maximum absolute atomic E-state index is 11.2. The van der Waals surface area contributed by atoms with E-state index in [4.69, 9.17) is 4.74 Å². The summed E-state index contributed by atoms with van der Waals surface area (Å²) in [4.78, 5) is 21.8. The summed E-state index contributed by atoms with van der Waals surface area (Å²) in [6.07, 6.45) is 5.65. The number of hydrogen-bond acceptors (Lipinski definition) is 3. The lowest BCUT2D eigenvalue weighted by molar-refractivity contribution is -0.149. The van der Waals surface area contributed by atoms with Gasteiger partial charge in [0.1, 0.15) is 12.2 Å². The van der Waals surface area contributed by atoms with Crippen molar-refractivity contribution >= 4 is 12.3 Å². The topological polar surface area (TPSA) is 43.4 Å². The van der Waals surface area contributed by atoms with Gasteiger partial charge in [-0.1, -0.05) is 32.6 Å². The molecule has 0 saturated heterocycles. The van der Waals surface area contributed by atoms with Gasteiger partial charge in [-0.3, -0.25) is 4.79 Å². The van der Waals surface area contributed by atoms with E-state index >= 15 is 0 Å². The van der Waals surface area contributed by atoms with E-state index in [1.165, 1.54) is 0 Å². The van der Waals surface area contributed by atoms with E-state index in [0.717, 1.165) is 25.7 Å². The summed E-state index contributed by atoms with van der Waals surface area (Å²) >= 11 is 0. The molecule has 1 atom stereocenters. The fourth-order valence-corrected chi connectivity index (χ4v) is 1.28. The van der Waals surface area contributed by atoms with E-state index in [0.29, 0.717) is 19.3 Å². The minimum absolute atomic E-state index is 0.345. The number of carbonyl (C=O) groups excluding carboxylic acids is 2. The molecule has 82 valence electrons. The molecular weight excluding hydrogens is 180 g/mol. The first kappa shape index (κ1) is 13.1.